The quantitative estimate of drug-likeness (QED) is 0.387. The summed E-state index contributed by atoms with van der Waals surface area (Å²) in [7, 11) is 0. The third-order valence-corrected chi connectivity index (χ3v) is 5.04. The van der Waals surface area contributed by atoms with Crippen LogP contribution in [0.2, 0.25) is 0 Å². The number of benzene rings is 3. The van der Waals surface area contributed by atoms with Gasteiger partial charge in [-0.3, -0.25) is 4.79 Å². The first-order valence-electron chi connectivity index (χ1n) is 10.2. The van der Waals surface area contributed by atoms with Crippen LogP contribution in [0.1, 0.15) is 23.4 Å². The summed E-state index contributed by atoms with van der Waals surface area (Å²) in [5.41, 5.74) is 2.76. The highest BCUT2D eigenvalue weighted by atomic mass is 19.1. The van der Waals surface area contributed by atoms with Gasteiger partial charge in [0.25, 0.3) is 0 Å². The van der Waals surface area contributed by atoms with Gasteiger partial charge in [0.05, 0.1) is 6.54 Å². The van der Waals surface area contributed by atoms with Gasteiger partial charge in [0.15, 0.2) is 0 Å². The van der Waals surface area contributed by atoms with Gasteiger partial charge in [-0.2, -0.15) is 0 Å². The molecule has 0 aliphatic rings. The van der Waals surface area contributed by atoms with Crippen LogP contribution in [-0.2, 0) is 17.8 Å². The van der Waals surface area contributed by atoms with Crippen LogP contribution in [0.25, 0.3) is 11.5 Å². The topological polar surface area (TPSA) is 59.2 Å². The highest BCUT2D eigenvalue weighted by Crippen LogP contribution is 2.22. The SMILES string of the molecule is Cc1ccc(-c2nnc(CCC(=O)N(Cc3ccccc3F)c3ccc(F)cc3)o2)cc1. The number of rotatable bonds is 7. The lowest BCUT2D eigenvalue weighted by Gasteiger charge is -2.23. The van der Waals surface area contributed by atoms with E-state index >= 15 is 0 Å². The number of aryl methyl sites for hydroxylation is 2. The number of hydrogen-bond donors (Lipinski definition) is 0. The summed E-state index contributed by atoms with van der Waals surface area (Å²) in [5.74, 6) is -0.378. The van der Waals surface area contributed by atoms with Crippen LogP contribution in [0.4, 0.5) is 14.5 Å². The Balaban J connectivity index is 1.49. The summed E-state index contributed by atoms with van der Waals surface area (Å²) >= 11 is 0. The summed E-state index contributed by atoms with van der Waals surface area (Å²) in [4.78, 5) is 14.5. The third kappa shape index (κ3) is 5.06. The zero-order valence-corrected chi connectivity index (χ0v) is 17.5. The van der Waals surface area contributed by atoms with E-state index in [1.807, 2.05) is 31.2 Å². The van der Waals surface area contributed by atoms with Crippen molar-refractivity contribution in [2.75, 3.05) is 4.90 Å². The van der Waals surface area contributed by atoms with Crippen molar-refractivity contribution < 1.29 is 18.0 Å². The molecule has 3 aromatic carbocycles. The molecule has 0 radical (unpaired) electrons. The first-order chi connectivity index (χ1) is 15.5. The Morgan fingerprint density at radius 3 is 2.38 bits per heavy atom. The Labute approximate surface area is 184 Å². The molecule has 4 aromatic rings. The van der Waals surface area contributed by atoms with E-state index in [4.69, 9.17) is 4.42 Å². The van der Waals surface area contributed by atoms with Crippen LogP contribution in [0, 0.1) is 18.6 Å². The van der Waals surface area contributed by atoms with Crippen molar-refractivity contribution in [2.45, 2.75) is 26.3 Å². The summed E-state index contributed by atoms with van der Waals surface area (Å²) in [5, 5.41) is 8.09. The van der Waals surface area contributed by atoms with E-state index in [1.54, 1.807) is 18.2 Å². The lowest BCUT2D eigenvalue weighted by molar-refractivity contribution is -0.118. The highest BCUT2D eigenvalue weighted by Gasteiger charge is 2.19. The molecule has 162 valence electrons. The molecule has 0 aliphatic heterocycles. The molecular weight excluding hydrogens is 412 g/mol. The normalized spacial score (nSPS) is 10.8. The molecule has 0 saturated heterocycles. The van der Waals surface area contributed by atoms with Gasteiger partial charge < -0.3 is 9.32 Å². The second-order valence-electron chi connectivity index (χ2n) is 7.41. The molecule has 0 atom stereocenters. The fraction of sp³-hybridized carbons (Fsp3) is 0.160. The minimum absolute atomic E-state index is 0.0234. The molecule has 32 heavy (non-hydrogen) atoms. The number of hydrogen-bond acceptors (Lipinski definition) is 4. The van der Waals surface area contributed by atoms with Gasteiger partial charge in [-0.15, -0.1) is 10.2 Å². The van der Waals surface area contributed by atoms with Crippen LogP contribution >= 0.6 is 0 Å². The number of carbonyl (C=O) groups excluding carboxylic acids is 1. The predicted molar refractivity (Wildman–Crippen MR) is 117 cm³/mol. The molecule has 0 fully saturated rings. The van der Waals surface area contributed by atoms with E-state index < -0.39 is 11.6 Å². The van der Waals surface area contributed by atoms with Crippen molar-refractivity contribution in [3.8, 4) is 11.5 Å². The molecule has 0 spiro atoms. The summed E-state index contributed by atoms with van der Waals surface area (Å²) in [6.07, 6.45) is 0.300. The Morgan fingerprint density at radius 1 is 0.938 bits per heavy atom. The Morgan fingerprint density at radius 2 is 1.66 bits per heavy atom. The molecule has 0 N–H and O–H groups in total. The lowest BCUT2D eigenvalue weighted by Crippen LogP contribution is -2.31. The highest BCUT2D eigenvalue weighted by molar-refractivity contribution is 5.93. The van der Waals surface area contributed by atoms with Crippen LogP contribution < -0.4 is 4.90 Å². The number of carbonyl (C=O) groups is 1. The molecule has 1 aromatic heterocycles. The number of aromatic nitrogens is 2. The zero-order chi connectivity index (χ0) is 22.5. The van der Waals surface area contributed by atoms with Crippen molar-refractivity contribution in [1.29, 1.82) is 0 Å². The Kier molecular flexibility index (Phi) is 6.35. The van der Waals surface area contributed by atoms with Gasteiger partial charge in [-0.1, -0.05) is 35.9 Å². The van der Waals surface area contributed by atoms with Crippen molar-refractivity contribution >= 4 is 11.6 Å². The number of amides is 1. The molecule has 0 aliphatic carbocycles. The average Bonchev–Trinajstić information content (AvgIpc) is 3.27. The maximum atomic E-state index is 14.2. The average molecular weight is 433 g/mol. The van der Waals surface area contributed by atoms with Gasteiger partial charge in [-0.25, -0.2) is 8.78 Å². The van der Waals surface area contributed by atoms with E-state index in [9.17, 15) is 13.6 Å². The van der Waals surface area contributed by atoms with Crippen molar-refractivity contribution in [1.82, 2.24) is 10.2 Å². The standard InChI is InChI=1S/C25H21F2N3O2/c1-17-6-8-18(9-7-17)25-29-28-23(32-25)14-15-24(31)30(21-12-10-20(26)11-13-21)16-19-4-2-3-5-22(19)27/h2-13H,14-16H2,1H3. The first kappa shape index (κ1) is 21.4. The molecule has 4 rings (SSSR count). The van der Waals surface area contributed by atoms with Crippen molar-refractivity contribution in [3.05, 3.63) is 101 Å². The fourth-order valence-electron chi connectivity index (χ4n) is 3.26. The molecule has 5 nitrogen and oxygen atoms in total. The summed E-state index contributed by atoms with van der Waals surface area (Å²) in [6, 6.07) is 19.5. The van der Waals surface area contributed by atoms with Crippen LogP contribution in [0.15, 0.2) is 77.2 Å². The lowest BCUT2D eigenvalue weighted by atomic mass is 10.1. The Hall–Kier alpha value is -3.87. The fourth-order valence-corrected chi connectivity index (χ4v) is 3.26. The minimum Gasteiger partial charge on any atom is -0.421 e. The molecule has 0 bridgehead atoms. The van der Waals surface area contributed by atoms with Crippen LogP contribution in [0.3, 0.4) is 0 Å². The summed E-state index contributed by atoms with van der Waals surface area (Å²) in [6.45, 7) is 2.01. The van der Waals surface area contributed by atoms with Gasteiger partial charge in [0.1, 0.15) is 11.6 Å². The van der Waals surface area contributed by atoms with Gasteiger partial charge in [-0.05, 0) is 49.4 Å². The van der Waals surface area contributed by atoms with Gasteiger partial charge >= 0.3 is 0 Å². The minimum atomic E-state index is -0.415. The second-order valence-corrected chi connectivity index (χ2v) is 7.41. The number of halogens is 2. The number of anilines is 1. The molecule has 0 saturated carbocycles. The van der Waals surface area contributed by atoms with E-state index in [1.165, 1.54) is 35.2 Å². The van der Waals surface area contributed by atoms with E-state index in [0.717, 1.165) is 11.1 Å². The first-order valence-corrected chi connectivity index (χ1v) is 10.2. The van der Waals surface area contributed by atoms with E-state index in [0.29, 0.717) is 23.0 Å². The maximum absolute atomic E-state index is 14.2. The molecule has 0 unspecified atom stereocenters. The van der Waals surface area contributed by atoms with Crippen molar-refractivity contribution in [3.63, 3.8) is 0 Å². The molecule has 7 heteroatoms. The van der Waals surface area contributed by atoms with Gasteiger partial charge in [0.2, 0.25) is 17.7 Å². The van der Waals surface area contributed by atoms with Gasteiger partial charge in [0, 0.05) is 29.7 Å². The molecule has 1 heterocycles. The number of nitrogens with zero attached hydrogens (tertiary/aromatic N) is 3. The van der Waals surface area contributed by atoms with E-state index in [-0.39, 0.29) is 25.3 Å². The molecular formula is C25H21F2N3O2. The summed E-state index contributed by atoms with van der Waals surface area (Å²) < 4.78 is 33.3. The Bertz CT molecular complexity index is 1200. The zero-order valence-electron chi connectivity index (χ0n) is 17.5. The van der Waals surface area contributed by atoms with Crippen LogP contribution in [0.5, 0.6) is 0 Å². The third-order valence-electron chi connectivity index (χ3n) is 5.04. The monoisotopic (exact) mass is 433 g/mol. The second kappa shape index (κ2) is 9.51. The largest absolute Gasteiger partial charge is 0.421 e. The van der Waals surface area contributed by atoms with Crippen molar-refractivity contribution in [2.24, 2.45) is 0 Å². The maximum Gasteiger partial charge on any atom is 0.247 e. The van der Waals surface area contributed by atoms with Crippen LogP contribution in [-0.4, -0.2) is 16.1 Å². The van der Waals surface area contributed by atoms with E-state index in [2.05, 4.69) is 10.2 Å². The molecule has 1 amide bonds. The predicted octanol–water partition coefficient (Wildman–Crippen LogP) is 5.49. The smallest absolute Gasteiger partial charge is 0.247 e.